The van der Waals surface area contributed by atoms with Crippen LogP contribution >= 0.6 is 0 Å². The average molecular weight is 242 g/mol. The number of carbonyl (C=O) groups excluding carboxylic acids is 1. The van der Waals surface area contributed by atoms with Crippen molar-refractivity contribution in [1.82, 2.24) is 9.78 Å². The van der Waals surface area contributed by atoms with Gasteiger partial charge in [-0.15, -0.1) is 0 Å². The first kappa shape index (κ1) is 10.8. The maximum absolute atomic E-state index is 11.6. The summed E-state index contributed by atoms with van der Waals surface area (Å²) in [6.07, 6.45) is 0. The molecule has 1 aliphatic rings. The Labute approximate surface area is 105 Å². The Balaban J connectivity index is 2.08. The fourth-order valence-electron chi connectivity index (χ4n) is 2.20. The highest BCUT2D eigenvalue weighted by Gasteiger charge is 2.26. The highest BCUT2D eigenvalue weighted by Crippen LogP contribution is 2.35. The standard InChI is InChI=1S/C13H14N4O/c1-7-9-5-8(3-4-10(9)15-13(7)18)11-6-12(14)17(2)16-11/h3-7H,14H2,1-2H3,(H,15,18). The van der Waals surface area contributed by atoms with Crippen molar-refractivity contribution in [3.8, 4) is 11.3 Å². The molecule has 5 heteroatoms. The van der Waals surface area contributed by atoms with Crippen LogP contribution in [0.15, 0.2) is 24.3 Å². The topological polar surface area (TPSA) is 72.9 Å². The van der Waals surface area contributed by atoms with E-state index in [1.54, 1.807) is 11.7 Å². The number of rotatable bonds is 1. The van der Waals surface area contributed by atoms with Gasteiger partial charge in [0.15, 0.2) is 0 Å². The van der Waals surface area contributed by atoms with Gasteiger partial charge in [0.25, 0.3) is 0 Å². The van der Waals surface area contributed by atoms with E-state index < -0.39 is 0 Å². The maximum atomic E-state index is 11.6. The lowest BCUT2D eigenvalue weighted by Gasteiger charge is -2.03. The Morgan fingerprint density at radius 1 is 1.39 bits per heavy atom. The number of aromatic nitrogens is 2. The number of nitrogens with one attached hydrogen (secondary N) is 1. The number of hydrogen-bond donors (Lipinski definition) is 2. The van der Waals surface area contributed by atoms with E-state index in [4.69, 9.17) is 5.73 Å². The molecular weight excluding hydrogens is 228 g/mol. The molecule has 92 valence electrons. The Morgan fingerprint density at radius 3 is 2.83 bits per heavy atom. The number of nitrogens with zero attached hydrogens (tertiary/aromatic N) is 2. The van der Waals surface area contributed by atoms with Gasteiger partial charge >= 0.3 is 0 Å². The second-order valence-corrected chi connectivity index (χ2v) is 4.59. The van der Waals surface area contributed by atoms with Crippen molar-refractivity contribution in [2.24, 2.45) is 7.05 Å². The minimum absolute atomic E-state index is 0.0442. The molecule has 0 saturated carbocycles. The molecule has 2 heterocycles. The Kier molecular flexibility index (Phi) is 2.16. The van der Waals surface area contributed by atoms with E-state index >= 15 is 0 Å². The summed E-state index contributed by atoms with van der Waals surface area (Å²) in [6.45, 7) is 1.90. The van der Waals surface area contributed by atoms with Gasteiger partial charge in [-0.1, -0.05) is 6.07 Å². The molecule has 1 amide bonds. The van der Waals surface area contributed by atoms with Crippen LogP contribution in [0.25, 0.3) is 11.3 Å². The highest BCUT2D eigenvalue weighted by atomic mass is 16.2. The zero-order valence-corrected chi connectivity index (χ0v) is 10.3. The third kappa shape index (κ3) is 1.48. The number of benzene rings is 1. The Hall–Kier alpha value is -2.30. The van der Waals surface area contributed by atoms with Crippen LogP contribution in [0, 0.1) is 0 Å². The number of nitrogens with two attached hydrogens (primary N) is 1. The van der Waals surface area contributed by atoms with Gasteiger partial charge < -0.3 is 11.1 Å². The van der Waals surface area contributed by atoms with Crippen molar-refractivity contribution in [3.05, 3.63) is 29.8 Å². The van der Waals surface area contributed by atoms with E-state index in [0.717, 1.165) is 22.5 Å². The van der Waals surface area contributed by atoms with Crippen molar-refractivity contribution in [3.63, 3.8) is 0 Å². The van der Waals surface area contributed by atoms with Crippen LogP contribution in [0.2, 0.25) is 0 Å². The summed E-state index contributed by atoms with van der Waals surface area (Å²) in [5.41, 5.74) is 9.48. The minimum atomic E-state index is -0.110. The molecule has 0 saturated heterocycles. The minimum Gasteiger partial charge on any atom is -0.384 e. The number of nitrogen functional groups attached to an aromatic ring is 1. The molecule has 0 spiro atoms. The molecule has 0 radical (unpaired) electrons. The van der Waals surface area contributed by atoms with Crippen molar-refractivity contribution in [2.75, 3.05) is 11.1 Å². The van der Waals surface area contributed by atoms with Crippen LogP contribution in [0.3, 0.4) is 0 Å². The van der Waals surface area contributed by atoms with Gasteiger partial charge in [-0.2, -0.15) is 5.10 Å². The molecule has 3 N–H and O–H groups in total. The molecule has 18 heavy (non-hydrogen) atoms. The van der Waals surface area contributed by atoms with Crippen molar-refractivity contribution < 1.29 is 4.79 Å². The molecule has 0 fully saturated rings. The second kappa shape index (κ2) is 3.60. The molecule has 1 atom stereocenters. The summed E-state index contributed by atoms with van der Waals surface area (Å²) in [5.74, 6) is 0.552. The van der Waals surface area contributed by atoms with Crippen LogP contribution in [-0.2, 0) is 11.8 Å². The van der Waals surface area contributed by atoms with Gasteiger partial charge in [0.2, 0.25) is 5.91 Å². The van der Waals surface area contributed by atoms with Gasteiger partial charge in [0.1, 0.15) is 5.82 Å². The summed E-state index contributed by atoms with van der Waals surface area (Å²) in [6, 6.07) is 7.69. The van der Waals surface area contributed by atoms with Gasteiger partial charge in [0.05, 0.1) is 11.6 Å². The average Bonchev–Trinajstić information content (AvgIpc) is 2.82. The van der Waals surface area contributed by atoms with Crippen molar-refractivity contribution in [1.29, 1.82) is 0 Å². The first-order valence-corrected chi connectivity index (χ1v) is 5.81. The molecule has 1 unspecified atom stereocenters. The van der Waals surface area contributed by atoms with Gasteiger partial charge in [-0.25, -0.2) is 0 Å². The summed E-state index contributed by atoms with van der Waals surface area (Å²) in [4.78, 5) is 11.6. The molecule has 3 rings (SSSR count). The van der Waals surface area contributed by atoms with Crippen molar-refractivity contribution in [2.45, 2.75) is 12.8 Å². The third-order valence-electron chi connectivity index (χ3n) is 3.38. The molecular formula is C13H14N4O. The number of amides is 1. The lowest BCUT2D eigenvalue weighted by Crippen LogP contribution is -2.08. The van der Waals surface area contributed by atoms with Gasteiger partial charge in [0, 0.05) is 24.4 Å². The molecule has 5 nitrogen and oxygen atoms in total. The van der Waals surface area contributed by atoms with E-state index in [2.05, 4.69) is 10.4 Å². The van der Waals surface area contributed by atoms with E-state index in [0.29, 0.717) is 5.82 Å². The van der Waals surface area contributed by atoms with E-state index in [1.807, 2.05) is 31.2 Å². The summed E-state index contributed by atoms with van der Waals surface area (Å²) in [7, 11) is 1.81. The third-order valence-corrected chi connectivity index (χ3v) is 3.38. The Bertz CT molecular complexity index is 625. The predicted octanol–water partition coefficient (Wildman–Crippen LogP) is 1.72. The van der Waals surface area contributed by atoms with Crippen LogP contribution in [-0.4, -0.2) is 15.7 Å². The van der Waals surface area contributed by atoms with E-state index in [-0.39, 0.29) is 11.8 Å². The van der Waals surface area contributed by atoms with E-state index in [9.17, 15) is 4.79 Å². The van der Waals surface area contributed by atoms with Gasteiger partial charge in [-0.3, -0.25) is 9.48 Å². The number of carbonyl (C=O) groups is 1. The molecule has 0 aliphatic carbocycles. The summed E-state index contributed by atoms with van der Waals surface area (Å²) >= 11 is 0. The maximum Gasteiger partial charge on any atom is 0.231 e. The van der Waals surface area contributed by atoms with Crippen LogP contribution < -0.4 is 11.1 Å². The van der Waals surface area contributed by atoms with Crippen LogP contribution in [0.5, 0.6) is 0 Å². The summed E-state index contributed by atoms with van der Waals surface area (Å²) in [5, 5.41) is 7.19. The number of fused-ring (bicyclic) bond motifs is 1. The molecule has 1 aromatic carbocycles. The largest absolute Gasteiger partial charge is 0.384 e. The monoisotopic (exact) mass is 242 g/mol. The number of anilines is 2. The molecule has 2 aromatic rings. The smallest absolute Gasteiger partial charge is 0.231 e. The quantitative estimate of drug-likeness (QED) is 0.799. The molecule has 0 bridgehead atoms. The Morgan fingerprint density at radius 2 is 2.17 bits per heavy atom. The first-order valence-electron chi connectivity index (χ1n) is 5.81. The predicted molar refractivity (Wildman–Crippen MR) is 70.1 cm³/mol. The molecule has 1 aromatic heterocycles. The zero-order chi connectivity index (χ0) is 12.9. The number of hydrogen-bond acceptors (Lipinski definition) is 3. The van der Waals surface area contributed by atoms with Crippen LogP contribution in [0.1, 0.15) is 18.4 Å². The summed E-state index contributed by atoms with van der Waals surface area (Å²) < 4.78 is 1.63. The highest BCUT2D eigenvalue weighted by molar-refractivity contribution is 6.03. The fraction of sp³-hybridized carbons (Fsp3) is 0.231. The van der Waals surface area contributed by atoms with E-state index in [1.165, 1.54) is 0 Å². The fourth-order valence-corrected chi connectivity index (χ4v) is 2.20. The second-order valence-electron chi connectivity index (χ2n) is 4.59. The molecule has 1 aliphatic heterocycles. The lowest BCUT2D eigenvalue weighted by molar-refractivity contribution is -0.116. The van der Waals surface area contributed by atoms with Crippen LogP contribution in [0.4, 0.5) is 11.5 Å². The normalized spacial score (nSPS) is 17.7. The van der Waals surface area contributed by atoms with Gasteiger partial charge in [-0.05, 0) is 24.6 Å². The first-order chi connectivity index (χ1) is 8.56. The lowest BCUT2D eigenvalue weighted by atomic mass is 9.99. The SMILES string of the molecule is CC1C(=O)Nc2ccc(-c3cc(N)n(C)n3)cc21. The van der Waals surface area contributed by atoms with Crippen molar-refractivity contribution >= 4 is 17.4 Å². The zero-order valence-electron chi connectivity index (χ0n) is 10.3. The number of aryl methyl sites for hydroxylation is 1.